The summed E-state index contributed by atoms with van der Waals surface area (Å²) < 4.78 is 4.84. The summed E-state index contributed by atoms with van der Waals surface area (Å²) >= 11 is 0. The van der Waals surface area contributed by atoms with Gasteiger partial charge in [-0.1, -0.05) is 19.1 Å². The maximum atomic E-state index is 11.9. The molecule has 2 unspecified atom stereocenters. The molecule has 0 aromatic heterocycles. The van der Waals surface area contributed by atoms with E-state index in [1.54, 1.807) is 13.8 Å². The number of anilines is 1. The smallest absolute Gasteiger partial charge is 0.328 e. The number of nitrogens with two attached hydrogens (primary N) is 1. The minimum atomic E-state index is -0.624. The molecule has 0 aliphatic rings. The zero-order chi connectivity index (χ0) is 15.1. The Labute approximate surface area is 119 Å². The number of carbonyl (C=O) groups is 2. The highest BCUT2D eigenvalue weighted by atomic mass is 16.5. The number of esters is 1. The highest BCUT2D eigenvalue weighted by molar-refractivity contribution is 5.84. The molecule has 2 atom stereocenters. The predicted octanol–water partition coefficient (Wildman–Crippen LogP) is 1.83. The largest absolute Gasteiger partial charge is 0.464 e. The number of amides is 1. The second-order valence-corrected chi connectivity index (χ2v) is 4.81. The Morgan fingerprint density at radius 1 is 1.25 bits per heavy atom. The SMILES string of the molecule is CCOC(=O)C(C)NC(=O)CC(C)c1ccc(N)cc1. The molecule has 0 fully saturated rings. The van der Waals surface area contributed by atoms with Gasteiger partial charge in [-0.3, -0.25) is 4.79 Å². The van der Waals surface area contributed by atoms with Crippen molar-refractivity contribution in [1.82, 2.24) is 5.32 Å². The average molecular weight is 278 g/mol. The third-order valence-electron chi connectivity index (χ3n) is 3.01. The molecular formula is C15H22N2O3. The molecule has 1 aromatic rings. The van der Waals surface area contributed by atoms with Crippen molar-refractivity contribution >= 4 is 17.6 Å². The normalized spacial score (nSPS) is 13.3. The number of rotatable bonds is 6. The van der Waals surface area contributed by atoms with Crippen molar-refractivity contribution in [3.8, 4) is 0 Å². The molecule has 0 aliphatic heterocycles. The Kier molecular flexibility index (Phi) is 6.03. The third-order valence-corrected chi connectivity index (χ3v) is 3.01. The molecule has 20 heavy (non-hydrogen) atoms. The molecule has 0 saturated heterocycles. The number of nitrogen functional groups attached to an aromatic ring is 1. The second kappa shape index (κ2) is 7.53. The summed E-state index contributed by atoms with van der Waals surface area (Å²) in [4.78, 5) is 23.3. The Bertz CT molecular complexity index is 457. The van der Waals surface area contributed by atoms with Crippen molar-refractivity contribution in [2.45, 2.75) is 39.2 Å². The van der Waals surface area contributed by atoms with E-state index in [0.717, 1.165) is 5.56 Å². The van der Waals surface area contributed by atoms with Gasteiger partial charge in [-0.15, -0.1) is 0 Å². The summed E-state index contributed by atoms with van der Waals surface area (Å²) in [7, 11) is 0. The quantitative estimate of drug-likeness (QED) is 0.614. The van der Waals surface area contributed by atoms with Crippen LogP contribution in [0.2, 0.25) is 0 Å². The van der Waals surface area contributed by atoms with E-state index in [4.69, 9.17) is 10.5 Å². The fraction of sp³-hybridized carbons (Fsp3) is 0.467. The van der Waals surface area contributed by atoms with Crippen LogP contribution in [-0.2, 0) is 14.3 Å². The Balaban J connectivity index is 2.49. The second-order valence-electron chi connectivity index (χ2n) is 4.81. The number of carbonyl (C=O) groups excluding carboxylic acids is 2. The van der Waals surface area contributed by atoms with Crippen molar-refractivity contribution in [3.05, 3.63) is 29.8 Å². The minimum Gasteiger partial charge on any atom is -0.464 e. The monoisotopic (exact) mass is 278 g/mol. The van der Waals surface area contributed by atoms with E-state index >= 15 is 0 Å². The van der Waals surface area contributed by atoms with Crippen LogP contribution in [0.15, 0.2) is 24.3 Å². The number of ether oxygens (including phenoxy) is 1. The molecule has 1 aromatic carbocycles. The van der Waals surface area contributed by atoms with Crippen molar-refractivity contribution < 1.29 is 14.3 Å². The third kappa shape index (κ3) is 4.91. The van der Waals surface area contributed by atoms with Crippen molar-refractivity contribution in [2.75, 3.05) is 12.3 Å². The van der Waals surface area contributed by atoms with E-state index in [1.807, 2.05) is 31.2 Å². The van der Waals surface area contributed by atoms with Crippen LogP contribution in [-0.4, -0.2) is 24.5 Å². The van der Waals surface area contributed by atoms with Crippen LogP contribution in [0.1, 0.15) is 38.7 Å². The molecule has 0 bridgehead atoms. The number of nitrogens with one attached hydrogen (secondary N) is 1. The molecule has 0 spiro atoms. The zero-order valence-electron chi connectivity index (χ0n) is 12.2. The van der Waals surface area contributed by atoms with Crippen LogP contribution in [0.5, 0.6) is 0 Å². The van der Waals surface area contributed by atoms with E-state index in [0.29, 0.717) is 18.7 Å². The molecule has 0 saturated carbocycles. The summed E-state index contributed by atoms with van der Waals surface area (Å²) in [6.07, 6.45) is 0.313. The highest BCUT2D eigenvalue weighted by Gasteiger charge is 2.18. The Morgan fingerprint density at radius 2 is 1.85 bits per heavy atom. The average Bonchev–Trinajstić information content (AvgIpc) is 2.39. The van der Waals surface area contributed by atoms with Crippen molar-refractivity contribution in [2.24, 2.45) is 0 Å². The van der Waals surface area contributed by atoms with E-state index < -0.39 is 12.0 Å². The number of hydrogen-bond donors (Lipinski definition) is 2. The topological polar surface area (TPSA) is 81.4 Å². The predicted molar refractivity (Wildman–Crippen MR) is 78.1 cm³/mol. The van der Waals surface area contributed by atoms with Gasteiger partial charge in [0.25, 0.3) is 0 Å². The van der Waals surface area contributed by atoms with Gasteiger partial charge in [-0.05, 0) is 37.5 Å². The fourth-order valence-corrected chi connectivity index (χ4v) is 1.85. The molecule has 5 heteroatoms. The van der Waals surface area contributed by atoms with Gasteiger partial charge in [-0.25, -0.2) is 4.79 Å². The standard InChI is InChI=1S/C15H22N2O3/c1-4-20-15(19)11(3)17-14(18)9-10(2)12-5-7-13(16)8-6-12/h5-8,10-11H,4,9,16H2,1-3H3,(H,17,18). The van der Waals surface area contributed by atoms with E-state index in [9.17, 15) is 9.59 Å². The summed E-state index contributed by atoms with van der Waals surface area (Å²) in [5.74, 6) is -0.527. The molecular weight excluding hydrogens is 256 g/mol. The van der Waals surface area contributed by atoms with Gasteiger partial charge in [0.15, 0.2) is 0 Å². The van der Waals surface area contributed by atoms with Crippen LogP contribution < -0.4 is 11.1 Å². The van der Waals surface area contributed by atoms with Gasteiger partial charge in [0.2, 0.25) is 5.91 Å². The Hall–Kier alpha value is -2.04. The van der Waals surface area contributed by atoms with Crippen molar-refractivity contribution in [3.63, 3.8) is 0 Å². The lowest BCUT2D eigenvalue weighted by Gasteiger charge is -2.15. The van der Waals surface area contributed by atoms with Gasteiger partial charge in [-0.2, -0.15) is 0 Å². The molecule has 0 heterocycles. The maximum absolute atomic E-state index is 11.9. The summed E-state index contributed by atoms with van der Waals surface area (Å²) in [5, 5.41) is 2.64. The molecule has 3 N–H and O–H groups in total. The first-order chi connectivity index (χ1) is 9.43. The van der Waals surface area contributed by atoms with Gasteiger partial charge in [0, 0.05) is 12.1 Å². The van der Waals surface area contributed by atoms with Gasteiger partial charge >= 0.3 is 5.97 Å². The van der Waals surface area contributed by atoms with Crippen molar-refractivity contribution in [1.29, 1.82) is 0 Å². The first kappa shape index (κ1) is 16.0. The first-order valence-corrected chi connectivity index (χ1v) is 6.75. The summed E-state index contributed by atoms with van der Waals surface area (Å²) in [5.41, 5.74) is 7.36. The van der Waals surface area contributed by atoms with E-state index in [-0.39, 0.29) is 11.8 Å². The molecule has 0 aliphatic carbocycles. The highest BCUT2D eigenvalue weighted by Crippen LogP contribution is 2.19. The van der Waals surface area contributed by atoms with Gasteiger partial charge in [0.05, 0.1) is 6.61 Å². The van der Waals surface area contributed by atoms with Gasteiger partial charge in [0.1, 0.15) is 6.04 Å². The Morgan fingerprint density at radius 3 is 2.40 bits per heavy atom. The van der Waals surface area contributed by atoms with Crippen LogP contribution in [0.3, 0.4) is 0 Å². The fourth-order valence-electron chi connectivity index (χ4n) is 1.85. The van der Waals surface area contributed by atoms with Crippen LogP contribution in [0, 0.1) is 0 Å². The van der Waals surface area contributed by atoms with Crippen LogP contribution in [0.25, 0.3) is 0 Å². The van der Waals surface area contributed by atoms with E-state index in [1.165, 1.54) is 0 Å². The zero-order valence-corrected chi connectivity index (χ0v) is 12.2. The lowest BCUT2D eigenvalue weighted by Crippen LogP contribution is -2.39. The molecule has 110 valence electrons. The van der Waals surface area contributed by atoms with Gasteiger partial charge < -0.3 is 15.8 Å². The lowest BCUT2D eigenvalue weighted by molar-refractivity contribution is -0.146. The van der Waals surface area contributed by atoms with Crippen LogP contribution in [0.4, 0.5) is 5.69 Å². The summed E-state index contributed by atoms with van der Waals surface area (Å²) in [6.45, 7) is 5.61. The number of benzene rings is 1. The number of hydrogen-bond acceptors (Lipinski definition) is 4. The minimum absolute atomic E-state index is 0.0602. The molecule has 5 nitrogen and oxygen atoms in total. The lowest BCUT2D eigenvalue weighted by atomic mass is 9.97. The molecule has 1 rings (SSSR count). The van der Waals surface area contributed by atoms with Crippen LogP contribution >= 0.6 is 0 Å². The molecule has 0 radical (unpaired) electrons. The summed E-state index contributed by atoms with van der Waals surface area (Å²) in [6, 6.07) is 6.81. The molecule has 1 amide bonds. The first-order valence-electron chi connectivity index (χ1n) is 6.75. The maximum Gasteiger partial charge on any atom is 0.328 e. The van der Waals surface area contributed by atoms with E-state index in [2.05, 4.69) is 5.32 Å².